The van der Waals surface area contributed by atoms with Crippen molar-refractivity contribution in [2.24, 2.45) is 16.6 Å². The van der Waals surface area contributed by atoms with Crippen molar-refractivity contribution in [2.75, 3.05) is 46.3 Å². The molecular formula is C16H34IN5. The smallest absolute Gasteiger partial charge is 0.188 e. The molecule has 5 nitrogen and oxygen atoms in total. The summed E-state index contributed by atoms with van der Waals surface area (Å²) in [5.41, 5.74) is 5.99. The zero-order valence-corrected chi connectivity index (χ0v) is 16.6. The maximum absolute atomic E-state index is 5.99. The summed E-state index contributed by atoms with van der Waals surface area (Å²) in [6.07, 6.45) is 6.43. The third-order valence-electron chi connectivity index (χ3n) is 5.07. The molecule has 2 aliphatic heterocycles. The van der Waals surface area contributed by atoms with Crippen LogP contribution in [-0.2, 0) is 0 Å². The van der Waals surface area contributed by atoms with Crippen molar-refractivity contribution in [1.29, 1.82) is 0 Å². The number of aliphatic imine (C=N–C) groups is 1. The van der Waals surface area contributed by atoms with E-state index in [-0.39, 0.29) is 24.0 Å². The number of nitrogens with zero attached hydrogens (tertiary/aromatic N) is 3. The monoisotopic (exact) mass is 423 g/mol. The van der Waals surface area contributed by atoms with Gasteiger partial charge < -0.3 is 16.0 Å². The third kappa shape index (κ3) is 6.58. The van der Waals surface area contributed by atoms with Crippen molar-refractivity contribution < 1.29 is 0 Å². The van der Waals surface area contributed by atoms with Gasteiger partial charge >= 0.3 is 0 Å². The first-order valence-corrected chi connectivity index (χ1v) is 8.65. The van der Waals surface area contributed by atoms with E-state index in [1.54, 1.807) is 0 Å². The van der Waals surface area contributed by atoms with Crippen LogP contribution in [0.2, 0.25) is 0 Å². The lowest BCUT2D eigenvalue weighted by molar-refractivity contribution is 0.213. The lowest BCUT2D eigenvalue weighted by Gasteiger charge is -2.28. The summed E-state index contributed by atoms with van der Waals surface area (Å²) in [7, 11) is 2.21. The second-order valence-electron chi connectivity index (χ2n) is 6.61. The fourth-order valence-corrected chi connectivity index (χ4v) is 3.53. The first-order valence-electron chi connectivity index (χ1n) is 8.65. The molecule has 0 aromatic heterocycles. The number of nitrogens with one attached hydrogen (secondary N) is 1. The molecule has 2 saturated heterocycles. The van der Waals surface area contributed by atoms with Gasteiger partial charge in [0.2, 0.25) is 0 Å². The molecule has 2 aliphatic rings. The first kappa shape index (κ1) is 20.0. The van der Waals surface area contributed by atoms with E-state index in [1.807, 2.05) is 0 Å². The molecule has 130 valence electrons. The Kier molecular flexibility index (Phi) is 9.66. The Labute approximate surface area is 153 Å². The molecule has 2 fully saturated rings. The fraction of sp³-hybridized carbons (Fsp3) is 0.938. The topological polar surface area (TPSA) is 56.9 Å². The highest BCUT2D eigenvalue weighted by Crippen LogP contribution is 2.18. The highest BCUT2D eigenvalue weighted by atomic mass is 127. The maximum Gasteiger partial charge on any atom is 0.188 e. The van der Waals surface area contributed by atoms with E-state index < -0.39 is 0 Å². The van der Waals surface area contributed by atoms with Crippen LogP contribution < -0.4 is 11.1 Å². The number of rotatable bonds is 6. The lowest BCUT2D eigenvalue weighted by atomic mass is 9.94. The highest BCUT2D eigenvalue weighted by molar-refractivity contribution is 14.0. The van der Waals surface area contributed by atoms with Gasteiger partial charge in [-0.05, 0) is 71.2 Å². The number of hydrogen-bond donors (Lipinski definition) is 2. The van der Waals surface area contributed by atoms with Crippen molar-refractivity contribution in [3.05, 3.63) is 0 Å². The summed E-state index contributed by atoms with van der Waals surface area (Å²) in [4.78, 5) is 9.46. The van der Waals surface area contributed by atoms with Gasteiger partial charge in [0.05, 0.1) is 6.54 Å². The van der Waals surface area contributed by atoms with Gasteiger partial charge in [0.25, 0.3) is 0 Å². The van der Waals surface area contributed by atoms with Gasteiger partial charge in [-0.1, -0.05) is 6.92 Å². The molecule has 3 N–H and O–H groups in total. The molecule has 0 aromatic carbocycles. The maximum atomic E-state index is 5.99. The molecule has 0 bridgehead atoms. The molecule has 2 heterocycles. The third-order valence-corrected chi connectivity index (χ3v) is 5.07. The van der Waals surface area contributed by atoms with Crippen LogP contribution in [0.4, 0.5) is 0 Å². The number of guanidine groups is 1. The van der Waals surface area contributed by atoms with Crippen LogP contribution in [0.5, 0.6) is 0 Å². The number of likely N-dealkylation sites (tertiary alicyclic amines) is 2. The summed E-state index contributed by atoms with van der Waals surface area (Å²) in [5, 5.41) is 3.29. The fourth-order valence-electron chi connectivity index (χ4n) is 3.53. The van der Waals surface area contributed by atoms with Crippen molar-refractivity contribution in [3.8, 4) is 0 Å². The number of halogens is 1. The largest absolute Gasteiger partial charge is 0.370 e. The van der Waals surface area contributed by atoms with E-state index in [0.717, 1.165) is 25.6 Å². The molecule has 0 aliphatic carbocycles. The Morgan fingerprint density at radius 3 is 2.64 bits per heavy atom. The van der Waals surface area contributed by atoms with Gasteiger partial charge in [-0.2, -0.15) is 0 Å². The molecule has 0 radical (unpaired) electrons. The summed E-state index contributed by atoms with van der Waals surface area (Å²) in [5.74, 6) is 1.48. The number of piperidine rings is 1. The minimum Gasteiger partial charge on any atom is -0.370 e. The van der Waals surface area contributed by atoms with Gasteiger partial charge in [0.1, 0.15) is 0 Å². The predicted octanol–water partition coefficient (Wildman–Crippen LogP) is 1.72. The molecule has 1 unspecified atom stereocenters. The zero-order chi connectivity index (χ0) is 15.1. The Morgan fingerprint density at radius 2 is 1.95 bits per heavy atom. The molecule has 22 heavy (non-hydrogen) atoms. The van der Waals surface area contributed by atoms with Crippen molar-refractivity contribution in [2.45, 2.75) is 45.1 Å². The lowest BCUT2D eigenvalue weighted by Crippen LogP contribution is -2.37. The number of hydrogen-bond acceptors (Lipinski definition) is 3. The van der Waals surface area contributed by atoms with E-state index in [1.165, 1.54) is 51.7 Å². The quantitative estimate of drug-likeness (QED) is 0.388. The van der Waals surface area contributed by atoms with Crippen molar-refractivity contribution >= 4 is 29.9 Å². The average Bonchev–Trinajstić information content (AvgIpc) is 2.95. The molecule has 0 amide bonds. The molecule has 1 atom stereocenters. The predicted molar refractivity (Wildman–Crippen MR) is 105 cm³/mol. The molecular weight excluding hydrogens is 389 g/mol. The molecule has 0 spiro atoms. The van der Waals surface area contributed by atoms with Gasteiger partial charge in [-0.3, -0.25) is 9.89 Å². The van der Waals surface area contributed by atoms with Crippen LogP contribution in [0.15, 0.2) is 4.99 Å². The van der Waals surface area contributed by atoms with Crippen LogP contribution in [0.3, 0.4) is 0 Å². The zero-order valence-electron chi connectivity index (χ0n) is 14.3. The van der Waals surface area contributed by atoms with Crippen LogP contribution in [0, 0.1) is 5.92 Å². The summed E-state index contributed by atoms with van der Waals surface area (Å²) < 4.78 is 0. The van der Waals surface area contributed by atoms with E-state index in [0.29, 0.717) is 12.0 Å². The Hall–Kier alpha value is -0.0800. The molecule has 2 rings (SSSR count). The normalized spacial score (nSPS) is 25.2. The second-order valence-corrected chi connectivity index (χ2v) is 6.61. The minimum absolute atomic E-state index is 0. The Bertz CT molecular complexity index is 328. The number of likely N-dealkylation sites (N-methyl/N-ethyl adjacent to an activating group) is 1. The summed E-state index contributed by atoms with van der Waals surface area (Å²) >= 11 is 0. The highest BCUT2D eigenvalue weighted by Gasteiger charge is 2.22. The SMILES string of the molecule is CCN1CCCC1CN=C(N)NCCC1CCN(C)CC1.I. The van der Waals surface area contributed by atoms with Gasteiger partial charge in [-0.15, -0.1) is 24.0 Å². The summed E-state index contributed by atoms with van der Waals surface area (Å²) in [6, 6.07) is 0.601. The van der Waals surface area contributed by atoms with Crippen LogP contribution in [0.1, 0.15) is 39.0 Å². The molecule has 6 heteroatoms. The van der Waals surface area contributed by atoms with E-state index in [4.69, 9.17) is 5.73 Å². The van der Waals surface area contributed by atoms with E-state index in [9.17, 15) is 0 Å². The van der Waals surface area contributed by atoms with E-state index in [2.05, 4.69) is 34.1 Å². The second kappa shape index (κ2) is 10.6. The van der Waals surface area contributed by atoms with Crippen molar-refractivity contribution in [3.63, 3.8) is 0 Å². The van der Waals surface area contributed by atoms with Gasteiger partial charge in [-0.25, -0.2) is 0 Å². The Balaban J connectivity index is 0.00000242. The van der Waals surface area contributed by atoms with E-state index >= 15 is 0 Å². The number of nitrogens with two attached hydrogens (primary N) is 1. The van der Waals surface area contributed by atoms with Gasteiger partial charge in [0, 0.05) is 12.6 Å². The molecule has 0 saturated carbocycles. The standard InChI is InChI=1S/C16H33N5.HI/c1-3-21-10-4-5-15(21)13-19-16(17)18-9-6-14-7-11-20(2)12-8-14;/h14-15H,3-13H2,1-2H3,(H3,17,18,19);1H. The van der Waals surface area contributed by atoms with Crippen LogP contribution in [0.25, 0.3) is 0 Å². The van der Waals surface area contributed by atoms with Crippen LogP contribution in [-0.4, -0.2) is 68.1 Å². The van der Waals surface area contributed by atoms with Gasteiger partial charge in [0.15, 0.2) is 5.96 Å². The minimum atomic E-state index is 0. The van der Waals surface area contributed by atoms with Crippen LogP contribution >= 0.6 is 24.0 Å². The molecule has 0 aromatic rings. The first-order chi connectivity index (χ1) is 10.2. The van der Waals surface area contributed by atoms with Crippen molar-refractivity contribution in [1.82, 2.24) is 15.1 Å². The average molecular weight is 423 g/mol. The Morgan fingerprint density at radius 1 is 1.23 bits per heavy atom. The summed E-state index contributed by atoms with van der Waals surface area (Å²) in [6.45, 7) is 8.87.